The first-order valence-corrected chi connectivity index (χ1v) is 8.35. The van der Waals surface area contributed by atoms with Crippen molar-refractivity contribution in [1.29, 1.82) is 0 Å². The van der Waals surface area contributed by atoms with Crippen LogP contribution in [0.1, 0.15) is 42.5 Å². The Hall–Kier alpha value is -2.96. The largest absolute Gasteiger partial charge is 0.363 e. The molecule has 0 unspecified atom stereocenters. The van der Waals surface area contributed by atoms with E-state index in [-0.39, 0.29) is 6.42 Å². The van der Waals surface area contributed by atoms with Crippen molar-refractivity contribution in [3.8, 4) is 0 Å². The van der Waals surface area contributed by atoms with E-state index in [1.54, 1.807) is 17.7 Å². The van der Waals surface area contributed by atoms with E-state index in [0.717, 1.165) is 5.56 Å². The normalized spacial score (nSPS) is 12.5. The summed E-state index contributed by atoms with van der Waals surface area (Å²) in [5.41, 5.74) is 6.56. The summed E-state index contributed by atoms with van der Waals surface area (Å²) < 4.78 is 1.60. The van der Waals surface area contributed by atoms with Crippen LogP contribution in [0, 0.1) is 6.92 Å². The Labute approximate surface area is 152 Å². The molecule has 1 aromatic carbocycles. The van der Waals surface area contributed by atoms with Crippen LogP contribution in [0.5, 0.6) is 0 Å². The molecule has 26 heavy (non-hydrogen) atoms. The Bertz CT molecular complexity index is 819. The second kappa shape index (κ2) is 7.51. The molecule has 1 atom stereocenters. The van der Waals surface area contributed by atoms with Crippen LogP contribution >= 0.6 is 0 Å². The molecule has 0 saturated carbocycles. The Morgan fingerprint density at radius 1 is 1.19 bits per heavy atom. The number of hydrogen-bond acceptors (Lipinski definition) is 4. The molecule has 0 fully saturated rings. The van der Waals surface area contributed by atoms with Crippen LogP contribution in [-0.2, 0) is 21.5 Å². The quantitative estimate of drug-likeness (QED) is 0.762. The molecule has 2 rings (SSSR count). The van der Waals surface area contributed by atoms with E-state index >= 15 is 0 Å². The molecule has 7 heteroatoms. The maximum atomic E-state index is 12.8. The van der Waals surface area contributed by atoms with E-state index in [9.17, 15) is 14.4 Å². The third-order valence-corrected chi connectivity index (χ3v) is 3.85. The molecule has 0 aliphatic carbocycles. The minimum absolute atomic E-state index is 0.178. The highest BCUT2D eigenvalue weighted by Crippen LogP contribution is 2.17. The van der Waals surface area contributed by atoms with Crippen molar-refractivity contribution in [2.45, 2.75) is 45.7 Å². The zero-order valence-corrected chi connectivity index (χ0v) is 15.4. The Balaban J connectivity index is 2.29. The number of nitrogens with two attached hydrogens (primary N) is 1. The van der Waals surface area contributed by atoms with Crippen molar-refractivity contribution in [2.24, 2.45) is 5.73 Å². The van der Waals surface area contributed by atoms with Crippen molar-refractivity contribution in [2.75, 3.05) is 0 Å². The maximum Gasteiger partial charge on any atom is 0.287 e. The summed E-state index contributed by atoms with van der Waals surface area (Å²) in [6.07, 6.45) is 0.178. The number of amides is 2. The fourth-order valence-corrected chi connectivity index (χ4v) is 2.64. The molecule has 1 aromatic heterocycles. The lowest BCUT2D eigenvalue weighted by atomic mass is 10.0. The topological polar surface area (TPSA) is 107 Å². The third kappa shape index (κ3) is 4.56. The summed E-state index contributed by atoms with van der Waals surface area (Å²) in [5, 5.41) is 6.99. The number of carbonyl (C=O) groups is 3. The molecule has 138 valence electrons. The number of rotatable bonds is 6. The standard InChI is InChI=1S/C19H24N4O3/c1-12-10-15(23(22-12)19(2,3)4)18(26)21-14(16(24)17(20)25)11-13-8-6-5-7-9-13/h5-10,14H,11H2,1-4H3,(H2,20,25)(H,21,26)/t14-/m0/s1. The zero-order chi connectivity index (χ0) is 19.5. The van der Waals surface area contributed by atoms with Gasteiger partial charge >= 0.3 is 0 Å². The summed E-state index contributed by atoms with van der Waals surface area (Å²) >= 11 is 0. The molecule has 0 saturated heterocycles. The summed E-state index contributed by atoms with van der Waals surface area (Å²) in [6.45, 7) is 7.56. The number of nitrogens with one attached hydrogen (secondary N) is 1. The molecule has 0 aliphatic rings. The fourth-order valence-electron chi connectivity index (χ4n) is 2.64. The number of Topliss-reactive ketones (excluding diaryl/α,β-unsaturated/α-hetero) is 1. The molecule has 0 bridgehead atoms. The molecular weight excluding hydrogens is 332 g/mol. The minimum atomic E-state index is -1.08. The van der Waals surface area contributed by atoms with Gasteiger partial charge in [-0.2, -0.15) is 5.10 Å². The third-order valence-electron chi connectivity index (χ3n) is 3.85. The van der Waals surface area contributed by atoms with E-state index in [0.29, 0.717) is 11.4 Å². The van der Waals surface area contributed by atoms with Crippen LogP contribution in [0.2, 0.25) is 0 Å². The summed E-state index contributed by atoms with van der Waals surface area (Å²) in [6, 6.07) is 9.73. The van der Waals surface area contributed by atoms with Gasteiger partial charge < -0.3 is 11.1 Å². The van der Waals surface area contributed by atoms with Gasteiger partial charge in [0.1, 0.15) is 11.7 Å². The van der Waals surface area contributed by atoms with Gasteiger partial charge in [0, 0.05) is 6.42 Å². The van der Waals surface area contributed by atoms with Crippen molar-refractivity contribution in [1.82, 2.24) is 15.1 Å². The van der Waals surface area contributed by atoms with Crippen LogP contribution < -0.4 is 11.1 Å². The van der Waals surface area contributed by atoms with Gasteiger partial charge in [-0.1, -0.05) is 30.3 Å². The number of benzene rings is 1. The number of ketones is 1. The molecule has 0 aliphatic heterocycles. The van der Waals surface area contributed by atoms with Gasteiger partial charge in [-0.15, -0.1) is 0 Å². The molecule has 0 spiro atoms. The molecule has 1 heterocycles. The lowest BCUT2D eigenvalue weighted by Gasteiger charge is -2.23. The Morgan fingerprint density at radius 3 is 2.35 bits per heavy atom. The van der Waals surface area contributed by atoms with Crippen molar-refractivity contribution >= 4 is 17.6 Å². The predicted molar refractivity (Wildman–Crippen MR) is 97.6 cm³/mol. The highest BCUT2D eigenvalue weighted by atomic mass is 16.2. The number of carbonyl (C=O) groups excluding carboxylic acids is 3. The van der Waals surface area contributed by atoms with Gasteiger partial charge in [-0.25, -0.2) is 0 Å². The summed E-state index contributed by atoms with van der Waals surface area (Å²) in [7, 11) is 0. The van der Waals surface area contributed by atoms with Crippen molar-refractivity contribution < 1.29 is 14.4 Å². The Morgan fingerprint density at radius 2 is 1.81 bits per heavy atom. The number of hydrogen-bond donors (Lipinski definition) is 2. The molecule has 0 radical (unpaired) electrons. The molecule has 7 nitrogen and oxygen atoms in total. The average Bonchev–Trinajstić information content (AvgIpc) is 2.96. The van der Waals surface area contributed by atoms with Crippen LogP contribution in [0.15, 0.2) is 36.4 Å². The highest BCUT2D eigenvalue weighted by molar-refractivity contribution is 6.38. The average molecular weight is 356 g/mol. The summed E-state index contributed by atoms with van der Waals surface area (Å²) in [5.74, 6) is -2.39. The first-order chi connectivity index (χ1) is 12.1. The van der Waals surface area contributed by atoms with E-state index in [2.05, 4.69) is 10.4 Å². The molecular formula is C19H24N4O3. The van der Waals surface area contributed by atoms with Crippen LogP contribution in [0.25, 0.3) is 0 Å². The zero-order valence-electron chi connectivity index (χ0n) is 15.4. The van der Waals surface area contributed by atoms with Crippen LogP contribution in [0.3, 0.4) is 0 Å². The molecule has 3 N–H and O–H groups in total. The lowest BCUT2D eigenvalue weighted by molar-refractivity contribution is -0.137. The predicted octanol–water partition coefficient (Wildman–Crippen LogP) is 1.34. The van der Waals surface area contributed by atoms with E-state index in [1.165, 1.54) is 0 Å². The Kier molecular flexibility index (Phi) is 5.59. The second-order valence-electron chi connectivity index (χ2n) is 7.20. The van der Waals surface area contributed by atoms with E-state index in [4.69, 9.17) is 5.73 Å². The van der Waals surface area contributed by atoms with Crippen molar-refractivity contribution in [3.05, 3.63) is 53.3 Å². The number of aryl methyl sites for hydroxylation is 1. The maximum absolute atomic E-state index is 12.8. The number of primary amides is 1. The lowest BCUT2D eigenvalue weighted by Crippen LogP contribution is -2.48. The van der Waals surface area contributed by atoms with Crippen LogP contribution in [0.4, 0.5) is 0 Å². The monoisotopic (exact) mass is 356 g/mol. The fraction of sp³-hybridized carbons (Fsp3) is 0.368. The van der Waals surface area contributed by atoms with Crippen molar-refractivity contribution in [3.63, 3.8) is 0 Å². The van der Waals surface area contributed by atoms with Gasteiger partial charge in [0.25, 0.3) is 11.8 Å². The first-order valence-electron chi connectivity index (χ1n) is 8.35. The molecule has 2 amide bonds. The van der Waals surface area contributed by atoms with E-state index in [1.807, 2.05) is 51.1 Å². The van der Waals surface area contributed by atoms with Gasteiger partial charge in [0.2, 0.25) is 5.78 Å². The van der Waals surface area contributed by atoms with Gasteiger partial charge in [-0.3, -0.25) is 19.1 Å². The smallest absolute Gasteiger partial charge is 0.287 e. The van der Waals surface area contributed by atoms with Crippen LogP contribution in [-0.4, -0.2) is 33.4 Å². The van der Waals surface area contributed by atoms with Gasteiger partial charge in [0.15, 0.2) is 0 Å². The number of nitrogens with zero attached hydrogens (tertiary/aromatic N) is 2. The SMILES string of the molecule is Cc1cc(C(=O)N[C@@H](Cc2ccccc2)C(=O)C(N)=O)n(C(C)(C)C)n1. The first kappa shape index (κ1) is 19.4. The van der Waals surface area contributed by atoms with E-state index < -0.39 is 29.2 Å². The number of aromatic nitrogens is 2. The van der Waals surface area contributed by atoms with Gasteiger partial charge in [0.05, 0.1) is 11.2 Å². The molecule has 2 aromatic rings. The summed E-state index contributed by atoms with van der Waals surface area (Å²) in [4.78, 5) is 36.3. The minimum Gasteiger partial charge on any atom is -0.363 e. The van der Waals surface area contributed by atoms with Gasteiger partial charge in [-0.05, 0) is 39.3 Å². The highest BCUT2D eigenvalue weighted by Gasteiger charge is 2.29. The second-order valence-corrected chi connectivity index (χ2v) is 7.20.